The average molecular weight is 242 g/mol. The number of nitrogens with two attached hydrogens (primary N) is 1. The van der Waals surface area contributed by atoms with Gasteiger partial charge in [-0.15, -0.1) is 0 Å². The maximum Gasteiger partial charge on any atom is 0.217 e. The predicted octanol–water partition coefficient (Wildman–Crippen LogP) is -0.521. The lowest BCUT2D eigenvalue weighted by molar-refractivity contribution is -0.118. The van der Waals surface area contributed by atoms with Gasteiger partial charge in [0, 0.05) is 45.7 Å². The molecule has 1 aliphatic heterocycles. The number of unbranched alkanes of at least 4 members (excludes halogenated alkanes) is 1. The van der Waals surface area contributed by atoms with E-state index in [1.807, 2.05) is 0 Å². The minimum Gasteiger partial charge on any atom is -0.370 e. The second-order valence-corrected chi connectivity index (χ2v) is 4.82. The summed E-state index contributed by atoms with van der Waals surface area (Å²) < 4.78 is 0. The van der Waals surface area contributed by atoms with Gasteiger partial charge in [0.05, 0.1) is 0 Å². The molecule has 0 bridgehead atoms. The van der Waals surface area contributed by atoms with E-state index in [9.17, 15) is 4.79 Å². The van der Waals surface area contributed by atoms with Gasteiger partial charge in [-0.25, -0.2) is 0 Å². The third-order valence-electron chi connectivity index (χ3n) is 3.23. The normalized spacial score (nSPS) is 18.4. The molecule has 5 nitrogen and oxygen atoms in total. The Balaban J connectivity index is 1.85. The number of primary amides is 1. The van der Waals surface area contributed by atoms with Crippen molar-refractivity contribution < 1.29 is 4.79 Å². The standard InChI is InChI=1S/C12H26N4O/c1-15-8-10-16(11-9-15)7-6-14-5-3-2-4-12(13)17/h14H,2-11H2,1H3,(H2,13,17). The number of nitrogens with zero attached hydrogens (tertiary/aromatic N) is 2. The minimum absolute atomic E-state index is 0.192. The first-order valence-corrected chi connectivity index (χ1v) is 6.58. The predicted molar refractivity (Wildman–Crippen MR) is 69.9 cm³/mol. The molecule has 1 fully saturated rings. The highest BCUT2D eigenvalue weighted by atomic mass is 16.1. The Morgan fingerprint density at radius 1 is 1.18 bits per heavy atom. The summed E-state index contributed by atoms with van der Waals surface area (Å²) in [5, 5.41) is 3.41. The molecule has 1 saturated heterocycles. The van der Waals surface area contributed by atoms with E-state index in [0.29, 0.717) is 6.42 Å². The van der Waals surface area contributed by atoms with Gasteiger partial charge in [-0.3, -0.25) is 9.69 Å². The van der Waals surface area contributed by atoms with Gasteiger partial charge in [0.2, 0.25) is 5.91 Å². The largest absolute Gasteiger partial charge is 0.370 e. The Hall–Kier alpha value is -0.650. The van der Waals surface area contributed by atoms with Crippen molar-refractivity contribution in [1.82, 2.24) is 15.1 Å². The van der Waals surface area contributed by atoms with Crippen LogP contribution in [0.5, 0.6) is 0 Å². The Kier molecular flexibility index (Phi) is 7.16. The smallest absolute Gasteiger partial charge is 0.217 e. The molecule has 0 spiro atoms. The zero-order chi connectivity index (χ0) is 12.5. The fraction of sp³-hybridized carbons (Fsp3) is 0.917. The number of nitrogens with one attached hydrogen (secondary N) is 1. The van der Waals surface area contributed by atoms with Crippen molar-refractivity contribution in [2.75, 3.05) is 52.9 Å². The summed E-state index contributed by atoms with van der Waals surface area (Å²) in [4.78, 5) is 15.4. The van der Waals surface area contributed by atoms with E-state index < -0.39 is 0 Å². The van der Waals surface area contributed by atoms with Crippen LogP contribution in [0.2, 0.25) is 0 Å². The van der Waals surface area contributed by atoms with E-state index in [4.69, 9.17) is 5.73 Å². The van der Waals surface area contributed by atoms with Crippen molar-refractivity contribution in [3.63, 3.8) is 0 Å². The second-order valence-electron chi connectivity index (χ2n) is 4.82. The number of rotatable bonds is 8. The summed E-state index contributed by atoms with van der Waals surface area (Å²) in [6, 6.07) is 0. The highest BCUT2D eigenvalue weighted by Gasteiger charge is 2.12. The Bertz CT molecular complexity index is 215. The Morgan fingerprint density at radius 2 is 1.88 bits per heavy atom. The number of hydrogen-bond donors (Lipinski definition) is 2. The molecule has 0 atom stereocenters. The molecule has 0 saturated carbocycles. The number of likely N-dealkylation sites (N-methyl/N-ethyl adjacent to an activating group) is 1. The third-order valence-corrected chi connectivity index (χ3v) is 3.23. The fourth-order valence-electron chi connectivity index (χ4n) is 1.98. The molecule has 0 aromatic heterocycles. The number of amides is 1. The van der Waals surface area contributed by atoms with Crippen LogP contribution in [0.25, 0.3) is 0 Å². The van der Waals surface area contributed by atoms with E-state index in [-0.39, 0.29) is 5.91 Å². The molecule has 1 heterocycles. The molecule has 3 N–H and O–H groups in total. The molecule has 0 radical (unpaired) electrons. The highest BCUT2D eigenvalue weighted by Crippen LogP contribution is 1.97. The van der Waals surface area contributed by atoms with Crippen molar-refractivity contribution >= 4 is 5.91 Å². The number of carbonyl (C=O) groups is 1. The van der Waals surface area contributed by atoms with Crippen LogP contribution in [0.3, 0.4) is 0 Å². The van der Waals surface area contributed by atoms with Gasteiger partial charge in [-0.1, -0.05) is 0 Å². The lowest BCUT2D eigenvalue weighted by Crippen LogP contribution is -2.46. The summed E-state index contributed by atoms with van der Waals surface area (Å²) >= 11 is 0. The van der Waals surface area contributed by atoms with Crippen molar-refractivity contribution in [2.45, 2.75) is 19.3 Å². The summed E-state index contributed by atoms with van der Waals surface area (Å²) in [7, 11) is 2.17. The molecule has 0 aromatic rings. The molecule has 1 amide bonds. The number of hydrogen-bond acceptors (Lipinski definition) is 4. The van der Waals surface area contributed by atoms with Gasteiger partial charge in [0.25, 0.3) is 0 Å². The Morgan fingerprint density at radius 3 is 2.53 bits per heavy atom. The third kappa shape index (κ3) is 7.31. The quantitative estimate of drug-likeness (QED) is 0.562. The molecule has 17 heavy (non-hydrogen) atoms. The lowest BCUT2D eigenvalue weighted by atomic mass is 10.2. The molecule has 0 aliphatic carbocycles. The van der Waals surface area contributed by atoms with Crippen LogP contribution in [-0.4, -0.2) is 68.6 Å². The molecule has 5 heteroatoms. The van der Waals surface area contributed by atoms with Gasteiger partial charge < -0.3 is 16.0 Å². The van der Waals surface area contributed by atoms with E-state index in [2.05, 4.69) is 22.2 Å². The van der Waals surface area contributed by atoms with Gasteiger partial charge in [-0.05, 0) is 26.4 Å². The lowest BCUT2D eigenvalue weighted by Gasteiger charge is -2.32. The SMILES string of the molecule is CN1CCN(CCNCCCCC(N)=O)CC1. The zero-order valence-electron chi connectivity index (χ0n) is 11.0. The minimum atomic E-state index is -0.192. The molecule has 100 valence electrons. The summed E-state index contributed by atoms with van der Waals surface area (Å²) in [6.07, 6.45) is 2.45. The van der Waals surface area contributed by atoms with Gasteiger partial charge >= 0.3 is 0 Å². The van der Waals surface area contributed by atoms with E-state index in [0.717, 1.165) is 32.5 Å². The fourth-order valence-corrected chi connectivity index (χ4v) is 1.98. The molecule has 1 aliphatic rings. The monoisotopic (exact) mass is 242 g/mol. The van der Waals surface area contributed by atoms with Crippen LogP contribution in [-0.2, 0) is 4.79 Å². The van der Waals surface area contributed by atoms with Crippen LogP contribution < -0.4 is 11.1 Å². The number of piperazine rings is 1. The maximum atomic E-state index is 10.5. The first-order valence-electron chi connectivity index (χ1n) is 6.58. The van der Waals surface area contributed by atoms with Crippen molar-refractivity contribution in [1.29, 1.82) is 0 Å². The van der Waals surface area contributed by atoms with Gasteiger partial charge in [0.1, 0.15) is 0 Å². The van der Waals surface area contributed by atoms with Crippen molar-refractivity contribution in [3.05, 3.63) is 0 Å². The average Bonchev–Trinajstić information content (AvgIpc) is 2.30. The summed E-state index contributed by atoms with van der Waals surface area (Å²) in [5.41, 5.74) is 5.07. The number of carbonyl (C=O) groups excluding carboxylic acids is 1. The first-order chi connectivity index (χ1) is 8.18. The summed E-state index contributed by atoms with van der Waals surface area (Å²) in [5.74, 6) is -0.192. The van der Waals surface area contributed by atoms with E-state index in [1.165, 1.54) is 26.2 Å². The van der Waals surface area contributed by atoms with Crippen molar-refractivity contribution in [2.24, 2.45) is 5.73 Å². The molecular weight excluding hydrogens is 216 g/mol. The molecule has 0 unspecified atom stereocenters. The maximum absolute atomic E-state index is 10.5. The molecule has 0 aromatic carbocycles. The summed E-state index contributed by atoms with van der Waals surface area (Å²) in [6.45, 7) is 7.88. The highest BCUT2D eigenvalue weighted by molar-refractivity contribution is 5.73. The van der Waals surface area contributed by atoms with E-state index >= 15 is 0 Å². The molecule has 1 rings (SSSR count). The molecular formula is C12H26N4O. The topological polar surface area (TPSA) is 61.6 Å². The first kappa shape index (κ1) is 14.4. The van der Waals surface area contributed by atoms with Crippen molar-refractivity contribution in [3.8, 4) is 0 Å². The zero-order valence-corrected chi connectivity index (χ0v) is 11.0. The second kappa shape index (κ2) is 8.44. The Labute approximate surface area is 104 Å². The van der Waals surface area contributed by atoms with E-state index in [1.54, 1.807) is 0 Å². The van der Waals surface area contributed by atoms with Crippen LogP contribution in [0.15, 0.2) is 0 Å². The van der Waals surface area contributed by atoms with Crippen LogP contribution in [0, 0.1) is 0 Å². The van der Waals surface area contributed by atoms with Gasteiger partial charge in [-0.2, -0.15) is 0 Å². The van der Waals surface area contributed by atoms with Crippen LogP contribution in [0.4, 0.5) is 0 Å². The van der Waals surface area contributed by atoms with Crippen LogP contribution >= 0.6 is 0 Å². The van der Waals surface area contributed by atoms with Crippen LogP contribution in [0.1, 0.15) is 19.3 Å². The van der Waals surface area contributed by atoms with Gasteiger partial charge in [0.15, 0.2) is 0 Å².